The van der Waals surface area contributed by atoms with Crippen LogP contribution in [0.3, 0.4) is 0 Å². The summed E-state index contributed by atoms with van der Waals surface area (Å²) in [7, 11) is 1.54. The van der Waals surface area contributed by atoms with E-state index in [0.717, 1.165) is 36.9 Å². The number of benzene rings is 1. The summed E-state index contributed by atoms with van der Waals surface area (Å²) in [6.45, 7) is 1.82. The second kappa shape index (κ2) is 9.56. The number of aromatic nitrogens is 2. The van der Waals surface area contributed by atoms with Crippen molar-refractivity contribution in [3.8, 4) is 5.75 Å². The van der Waals surface area contributed by atoms with Gasteiger partial charge >= 0.3 is 5.97 Å². The van der Waals surface area contributed by atoms with Crippen LogP contribution in [-0.4, -0.2) is 46.9 Å². The van der Waals surface area contributed by atoms with Crippen molar-refractivity contribution in [2.24, 2.45) is 0 Å². The summed E-state index contributed by atoms with van der Waals surface area (Å²) in [4.78, 5) is 25.1. The monoisotopic (exact) mass is 401 g/mol. The number of hydrogen-bond acceptors (Lipinski definition) is 6. The Kier molecular flexibility index (Phi) is 6.87. The van der Waals surface area contributed by atoms with Gasteiger partial charge in [0, 0.05) is 5.69 Å². The summed E-state index contributed by atoms with van der Waals surface area (Å²) in [5.74, 6) is -0.454. The number of carbonyl (C=O) groups is 2. The number of nitrogens with zero attached hydrogens (tertiary/aromatic N) is 1. The highest BCUT2D eigenvalue weighted by Crippen LogP contribution is 2.23. The maximum absolute atomic E-state index is 12.6. The lowest BCUT2D eigenvalue weighted by Crippen LogP contribution is -2.46. The minimum Gasteiger partial charge on any atom is -0.497 e. The first-order valence-corrected chi connectivity index (χ1v) is 9.86. The number of aromatic amines is 1. The zero-order valence-corrected chi connectivity index (χ0v) is 16.7. The van der Waals surface area contributed by atoms with Crippen LogP contribution in [0.2, 0.25) is 0 Å². The number of hydrogen-bond donors (Lipinski definition) is 3. The second-order valence-corrected chi connectivity index (χ2v) is 7.03. The predicted molar refractivity (Wildman–Crippen MR) is 105 cm³/mol. The van der Waals surface area contributed by atoms with E-state index in [9.17, 15) is 14.7 Å². The van der Waals surface area contributed by atoms with E-state index < -0.39 is 24.0 Å². The Bertz CT molecular complexity index is 847. The molecule has 1 heterocycles. The molecule has 0 fully saturated rings. The molecule has 2 unspecified atom stereocenters. The average Bonchev–Trinajstić information content (AvgIpc) is 3.14. The molecule has 0 radical (unpaired) electrons. The molecular formula is C21H27N3O5. The van der Waals surface area contributed by atoms with Gasteiger partial charge in [0.15, 0.2) is 6.04 Å². The Morgan fingerprint density at radius 3 is 2.66 bits per heavy atom. The van der Waals surface area contributed by atoms with Crippen molar-refractivity contribution in [3.63, 3.8) is 0 Å². The van der Waals surface area contributed by atoms with Gasteiger partial charge in [-0.15, -0.1) is 0 Å². The number of aliphatic hydroxyl groups is 1. The lowest BCUT2D eigenvalue weighted by atomic mass is 9.95. The first kappa shape index (κ1) is 20.9. The van der Waals surface area contributed by atoms with Gasteiger partial charge in [0.2, 0.25) is 5.91 Å². The summed E-state index contributed by atoms with van der Waals surface area (Å²) in [6, 6.07) is 5.43. The molecule has 8 nitrogen and oxygen atoms in total. The van der Waals surface area contributed by atoms with Crippen LogP contribution in [0.1, 0.15) is 48.4 Å². The third-order valence-corrected chi connectivity index (χ3v) is 5.10. The minimum atomic E-state index is -1.25. The van der Waals surface area contributed by atoms with Gasteiger partial charge in [0.05, 0.1) is 25.8 Å². The van der Waals surface area contributed by atoms with E-state index in [1.807, 2.05) is 0 Å². The van der Waals surface area contributed by atoms with Crippen molar-refractivity contribution >= 4 is 11.9 Å². The number of carbonyl (C=O) groups excluding carboxylic acids is 2. The summed E-state index contributed by atoms with van der Waals surface area (Å²) >= 11 is 0. The molecule has 0 spiro atoms. The number of rotatable bonds is 8. The van der Waals surface area contributed by atoms with Crippen molar-refractivity contribution in [3.05, 3.63) is 46.8 Å². The lowest BCUT2D eigenvalue weighted by molar-refractivity contribution is -0.150. The molecule has 3 rings (SSSR count). The van der Waals surface area contributed by atoms with E-state index >= 15 is 0 Å². The number of methoxy groups -OCH3 is 1. The molecule has 0 bridgehead atoms. The van der Waals surface area contributed by atoms with Crippen LogP contribution in [0.25, 0.3) is 0 Å². The van der Waals surface area contributed by atoms with Crippen LogP contribution in [0.4, 0.5) is 0 Å². The normalized spacial score (nSPS) is 15.1. The quantitative estimate of drug-likeness (QED) is 0.579. The molecule has 3 N–H and O–H groups in total. The van der Waals surface area contributed by atoms with Crippen molar-refractivity contribution in [2.75, 3.05) is 13.7 Å². The fourth-order valence-electron chi connectivity index (χ4n) is 3.56. The van der Waals surface area contributed by atoms with Crippen LogP contribution < -0.4 is 10.1 Å². The summed E-state index contributed by atoms with van der Waals surface area (Å²) in [5, 5.41) is 20.6. The highest BCUT2D eigenvalue weighted by molar-refractivity contribution is 5.86. The first-order chi connectivity index (χ1) is 14.0. The molecule has 0 aliphatic heterocycles. The van der Waals surface area contributed by atoms with E-state index in [1.54, 1.807) is 38.3 Å². The van der Waals surface area contributed by atoms with Crippen molar-refractivity contribution in [1.29, 1.82) is 0 Å². The SMILES string of the molecule is CCOC(=O)C(NC(=O)Cc1n[nH]c2c1CCCC2)C(O)c1ccc(OC)cc1. The lowest BCUT2D eigenvalue weighted by Gasteiger charge is -2.23. The zero-order valence-electron chi connectivity index (χ0n) is 16.7. The average molecular weight is 401 g/mol. The van der Waals surface area contributed by atoms with Gasteiger partial charge in [-0.2, -0.15) is 5.10 Å². The fraction of sp³-hybridized carbons (Fsp3) is 0.476. The smallest absolute Gasteiger partial charge is 0.331 e. The summed E-state index contributed by atoms with van der Waals surface area (Å²) < 4.78 is 10.2. The predicted octanol–water partition coefficient (Wildman–Crippen LogP) is 1.62. The summed E-state index contributed by atoms with van der Waals surface area (Å²) in [6.07, 6.45) is 2.80. The van der Waals surface area contributed by atoms with Crippen LogP contribution >= 0.6 is 0 Å². The molecule has 29 heavy (non-hydrogen) atoms. The number of esters is 1. The van der Waals surface area contributed by atoms with Gasteiger partial charge in [0.1, 0.15) is 11.9 Å². The third kappa shape index (κ3) is 4.95. The number of nitrogens with one attached hydrogen (secondary N) is 2. The summed E-state index contributed by atoms with van der Waals surface area (Å²) in [5.41, 5.74) is 3.34. The van der Waals surface area contributed by atoms with E-state index in [0.29, 0.717) is 17.0 Å². The van der Waals surface area contributed by atoms with Crippen LogP contribution in [0, 0.1) is 0 Å². The molecule has 156 valence electrons. The van der Waals surface area contributed by atoms with Gasteiger partial charge < -0.3 is 19.9 Å². The van der Waals surface area contributed by atoms with Crippen LogP contribution in [-0.2, 0) is 33.6 Å². The Hall–Kier alpha value is -2.87. The Morgan fingerprint density at radius 2 is 1.97 bits per heavy atom. The number of aliphatic hydroxyl groups excluding tert-OH is 1. The van der Waals surface area contributed by atoms with Crippen molar-refractivity contribution < 1.29 is 24.2 Å². The molecule has 0 saturated heterocycles. The van der Waals surface area contributed by atoms with Crippen molar-refractivity contribution in [2.45, 2.75) is 51.2 Å². The molecule has 2 atom stereocenters. The van der Waals surface area contributed by atoms with E-state index in [4.69, 9.17) is 9.47 Å². The minimum absolute atomic E-state index is 0.0388. The molecule has 1 aromatic heterocycles. The molecule has 1 aliphatic rings. The van der Waals surface area contributed by atoms with Gasteiger partial charge in [-0.3, -0.25) is 9.89 Å². The Morgan fingerprint density at radius 1 is 1.24 bits per heavy atom. The number of fused-ring (bicyclic) bond motifs is 1. The molecule has 1 amide bonds. The molecule has 1 aliphatic carbocycles. The number of aryl methyl sites for hydroxylation is 1. The van der Waals surface area contributed by atoms with Crippen LogP contribution in [0.5, 0.6) is 5.75 Å². The van der Waals surface area contributed by atoms with Gasteiger partial charge in [0.25, 0.3) is 0 Å². The van der Waals surface area contributed by atoms with E-state index in [2.05, 4.69) is 15.5 Å². The third-order valence-electron chi connectivity index (χ3n) is 5.10. The largest absolute Gasteiger partial charge is 0.497 e. The number of H-pyrrole nitrogens is 1. The molecular weight excluding hydrogens is 374 g/mol. The molecule has 2 aromatic rings. The fourth-order valence-corrected chi connectivity index (χ4v) is 3.56. The standard InChI is InChI=1S/C21H27N3O5/c1-3-29-21(27)19(20(26)13-8-10-14(28-2)11-9-13)22-18(25)12-17-15-6-4-5-7-16(15)23-24-17/h8-11,19-20,26H,3-7,12H2,1-2H3,(H,22,25)(H,23,24). The van der Waals surface area contributed by atoms with Crippen LogP contribution in [0.15, 0.2) is 24.3 Å². The zero-order chi connectivity index (χ0) is 20.8. The number of amides is 1. The van der Waals surface area contributed by atoms with Gasteiger partial charge in [-0.25, -0.2) is 4.79 Å². The van der Waals surface area contributed by atoms with E-state index in [1.165, 1.54) is 0 Å². The Labute approximate surface area is 169 Å². The highest BCUT2D eigenvalue weighted by atomic mass is 16.5. The second-order valence-electron chi connectivity index (χ2n) is 7.03. The van der Waals surface area contributed by atoms with Crippen molar-refractivity contribution in [1.82, 2.24) is 15.5 Å². The molecule has 8 heteroatoms. The molecule has 1 aromatic carbocycles. The topological polar surface area (TPSA) is 114 Å². The maximum Gasteiger partial charge on any atom is 0.331 e. The number of ether oxygens (including phenoxy) is 2. The highest BCUT2D eigenvalue weighted by Gasteiger charge is 2.31. The Balaban J connectivity index is 1.73. The molecule has 0 saturated carbocycles. The first-order valence-electron chi connectivity index (χ1n) is 9.86. The van der Waals surface area contributed by atoms with Gasteiger partial charge in [-0.1, -0.05) is 12.1 Å². The van der Waals surface area contributed by atoms with E-state index in [-0.39, 0.29) is 13.0 Å². The maximum atomic E-state index is 12.6. The van der Waals surface area contributed by atoms with Gasteiger partial charge in [-0.05, 0) is 55.9 Å².